The van der Waals surface area contributed by atoms with E-state index in [4.69, 9.17) is 5.73 Å². The first-order valence-electron chi connectivity index (χ1n) is 6.72. The molecule has 100 valence electrons. The Bertz CT molecular complexity index is 401. The van der Waals surface area contributed by atoms with Crippen molar-refractivity contribution in [1.29, 1.82) is 0 Å². The standard InChI is InChI=1S/C15H23NO2/c1-3-5-6-7-11(4-2)14-10-12(16)8-9-13(14)15(17)18/h8-11H,3-7,16H2,1-2H3,(H,17,18). The van der Waals surface area contributed by atoms with Crippen LogP contribution in [0.5, 0.6) is 0 Å². The predicted octanol–water partition coefficient (Wildman–Crippen LogP) is 4.04. The number of nitrogen functional groups attached to an aromatic ring is 1. The number of carboxylic acids is 1. The third kappa shape index (κ3) is 3.76. The minimum absolute atomic E-state index is 0.297. The van der Waals surface area contributed by atoms with Gasteiger partial charge >= 0.3 is 5.97 Å². The van der Waals surface area contributed by atoms with Crippen LogP contribution < -0.4 is 5.73 Å². The summed E-state index contributed by atoms with van der Waals surface area (Å²) in [5.41, 5.74) is 7.71. The van der Waals surface area contributed by atoms with Crippen molar-refractivity contribution in [2.24, 2.45) is 0 Å². The Morgan fingerprint density at radius 3 is 2.61 bits per heavy atom. The molecule has 1 aromatic rings. The lowest BCUT2D eigenvalue weighted by Crippen LogP contribution is -2.08. The van der Waals surface area contributed by atoms with Crippen LogP contribution in [0.25, 0.3) is 0 Å². The molecule has 0 heterocycles. The highest BCUT2D eigenvalue weighted by Gasteiger charge is 2.17. The van der Waals surface area contributed by atoms with Gasteiger partial charge in [-0.25, -0.2) is 4.79 Å². The highest BCUT2D eigenvalue weighted by atomic mass is 16.4. The number of nitrogens with two attached hydrogens (primary N) is 1. The lowest BCUT2D eigenvalue weighted by molar-refractivity contribution is 0.0695. The van der Waals surface area contributed by atoms with Gasteiger partial charge in [0.05, 0.1) is 5.56 Å². The van der Waals surface area contributed by atoms with Crippen LogP contribution in [-0.4, -0.2) is 11.1 Å². The normalized spacial score (nSPS) is 12.3. The second-order valence-electron chi connectivity index (χ2n) is 4.75. The fourth-order valence-corrected chi connectivity index (χ4v) is 2.33. The summed E-state index contributed by atoms with van der Waals surface area (Å²) in [6.07, 6.45) is 5.50. The monoisotopic (exact) mass is 249 g/mol. The average molecular weight is 249 g/mol. The molecule has 1 aromatic carbocycles. The summed E-state index contributed by atoms with van der Waals surface area (Å²) >= 11 is 0. The Labute approximate surface area is 109 Å². The highest BCUT2D eigenvalue weighted by molar-refractivity contribution is 5.90. The van der Waals surface area contributed by atoms with Crippen molar-refractivity contribution in [3.8, 4) is 0 Å². The van der Waals surface area contributed by atoms with Crippen LogP contribution in [0.2, 0.25) is 0 Å². The lowest BCUT2D eigenvalue weighted by atomic mass is 9.87. The maximum absolute atomic E-state index is 11.2. The van der Waals surface area contributed by atoms with Gasteiger partial charge in [0.15, 0.2) is 0 Å². The van der Waals surface area contributed by atoms with Crippen LogP contribution in [0.3, 0.4) is 0 Å². The van der Waals surface area contributed by atoms with E-state index >= 15 is 0 Å². The van der Waals surface area contributed by atoms with Crippen molar-refractivity contribution in [3.63, 3.8) is 0 Å². The minimum atomic E-state index is -0.862. The third-order valence-corrected chi connectivity index (χ3v) is 3.39. The highest BCUT2D eigenvalue weighted by Crippen LogP contribution is 2.30. The SMILES string of the molecule is CCCCCC(CC)c1cc(N)ccc1C(=O)O. The van der Waals surface area contributed by atoms with Gasteiger partial charge in [-0.15, -0.1) is 0 Å². The van der Waals surface area contributed by atoms with E-state index in [0.717, 1.165) is 24.8 Å². The Morgan fingerprint density at radius 1 is 1.33 bits per heavy atom. The van der Waals surface area contributed by atoms with Crippen LogP contribution >= 0.6 is 0 Å². The number of hydrogen-bond donors (Lipinski definition) is 2. The quantitative estimate of drug-likeness (QED) is 0.566. The second-order valence-corrected chi connectivity index (χ2v) is 4.75. The largest absolute Gasteiger partial charge is 0.478 e. The summed E-state index contributed by atoms with van der Waals surface area (Å²) in [7, 11) is 0. The molecule has 3 heteroatoms. The van der Waals surface area contributed by atoms with Crippen molar-refractivity contribution in [3.05, 3.63) is 29.3 Å². The molecular formula is C15H23NO2. The van der Waals surface area contributed by atoms with Gasteiger partial charge in [-0.3, -0.25) is 0 Å². The van der Waals surface area contributed by atoms with E-state index in [1.54, 1.807) is 12.1 Å². The van der Waals surface area contributed by atoms with Gasteiger partial charge < -0.3 is 10.8 Å². The molecule has 0 aromatic heterocycles. The number of rotatable bonds is 7. The van der Waals surface area contributed by atoms with E-state index in [1.807, 2.05) is 6.07 Å². The lowest BCUT2D eigenvalue weighted by Gasteiger charge is -2.18. The molecule has 0 radical (unpaired) electrons. The first-order valence-corrected chi connectivity index (χ1v) is 6.72. The summed E-state index contributed by atoms with van der Waals surface area (Å²) in [4.78, 5) is 11.2. The summed E-state index contributed by atoms with van der Waals surface area (Å²) < 4.78 is 0. The summed E-state index contributed by atoms with van der Waals surface area (Å²) in [5, 5.41) is 9.23. The van der Waals surface area contributed by atoms with Crippen molar-refractivity contribution in [2.75, 3.05) is 5.73 Å². The smallest absolute Gasteiger partial charge is 0.335 e. The van der Waals surface area contributed by atoms with Gasteiger partial charge in [0.1, 0.15) is 0 Å². The first-order chi connectivity index (χ1) is 8.60. The molecule has 0 saturated carbocycles. The third-order valence-electron chi connectivity index (χ3n) is 3.39. The summed E-state index contributed by atoms with van der Waals surface area (Å²) in [6.45, 7) is 4.27. The van der Waals surface area contributed by atoms with Crippen LogP contribution in [0.15, 0.2) is 18.2 Å². The van der Waals surface area contributed by atoms with Gasteiger partial charge in [0.25, 0.3) is 0 Å². The molecule has 18 heavy (non-hydrogen) atoms. The van der Waals surface area contributed by atoms with E-state index in [2.05, 4.69) is 13.8 Å². The van der Waals surface area contributed by atoms with Gasteiger partial charge in [0.2, 0.25) is 0 Å². The van der Waals surface area contributed by atoms with E-state index in [1.165, 1.54) is 12.8 Å². The van der Waals surface area contributed by atoms with Gasteiger partial charge in [-0.05, 0) is 42.5 Å². The predicted molar refractivity (Wildman–Crippen MR) is 75.0 cm³/mol. The van der Waals surface area contributed by atoms with E-state index < -0.39 is 5.97 Å². The summed E-state index contributed by atoms with van der Waals surface area (Å²) in [5.74, 6) is -0.565. The molecule has 0 aliphatic rings. The fraction of sp³-hybridized carbons (Fsp3) is 0.533. The number of benzene rings is 1. The Morgan fingerprint density at radius 2 is 2.06 bits per heavy atom. The number of aromatic carboxylic acids is 1. The molecule has 0 aliphatic carbocycles. The fourth-order valence-electron chi connectivity index (χ4n) is 2.33. The maximum Gasteiger partial charge on any atom is 0.335 e. The van der Waals surface area contributed by atoms with Crippen molar-refractivity contribution in [1.82, 2.24) is 0 Å². The summed E-state index contributed by atoms with van der Waals surface area (Å²) in [6, 6.07) is 5.10. The second kappa shape index (κ2) is 7.04. The molecule has 0 spiro atoms. The first kappa shape index (κ1) is 14.6. The Hall–Kier alpha value is -1.51. The number of carboxylic acid groups (broad SMARTS) is 1. The van der Waals surface area contributed by atoms with Crippen LogP contribution in [0.4, 0.5) is 5.69 Å². The molecule has 1 rings (SSSR count). The molecule has 0 saturated heterocycles. The zero-order valence-corrected chi connectivity index (χ0v) is 11.3. The molecule has 0 aliphatic heterocycles. The van der Waals surface area contributed by atoms with Gasteiger partial charge in [-0.1, -0.05) is 33.1 Å². The molecule has 1 atom stereocenters. The van der Waals surface area contributed by atoms with E-state index in [-0.39, 0.29) is 0 Å². The number of hydrogen-bond acceptors (Lipinski definition) is 2. The Kier molecular flexibility index (Phi) is 5.69. The zero-order chi connectivity index (χ0) is 13.5. The van der Waals surface area contributed by atoms with Crippen molar-refractivity contribution >= 4 is 11.7 Å². The van der Waals surface area contributed by atoms with Crippen LogP contribution in [0.1, 0.15) is 67.8 Å². The molecule has 0 amide bonds. The van der Waals surface area contributed by atoms with E-state index in [9.17, 15) is 9.90 Å². The maximum atomic E-state index is 11.2. The van der Waals surface area contributed by atoms with Crippen LogP contribution in [0, 0.1) is 0 Å². The van der Waals surface area contributed by atoms with Crippen molar-refractivity contribution in [2.45, 2.75) is 51.9 Å². The minimum Gasteiger partial charge on any atom is -0.478 e. The number of carbonyl (C=O) groups is 1. The Balaban J connectivity index is 2.95. The molecule has 1 unspecified atom stereocenters. The topological polar surface area (TPSA) is 63.3 Å². The van der Waals surface area contributed by atoms with Crippen molar-refractivity contribution < 1.29 is 9.90 Å². The van der Waals surface area contributed by atoms with E-state index in [0.29, 0.717) is 17.2 Å². The molecule has 0 bridgehead atoms. The van der Waals surface area contributed by atoms with Crippen LogP contribution in [-0.2, 0) is 0 Å². The molecule has 3 N–H and O–H groups in total. The molecule has 3 nitrogen and oxygen atoms in total. The molecule has 0 fully saturated rings. The zero-order valence-electron chi connectivity index (χ0n) is 11.3. The number of anilines is 1. The molecular weight excluding hydrogens is 226 g/mol. The average Bonchev–Trinajstić information content (AvgIpc) is 2.34. The van der Waals surface area contributed by atoms with Gasteiger partial charge in [0, 0.05) is 5.69 Å². The number of unbranched alkanes of at least 4 members (excludes halogenated alkanes) is 2. The van der Waals surface area contributed by atoms with Gasteiger partial charge in [-0.2, -0.15) is 0 Å².